The highest BCUT2D eigenvalue weighted by Gasteiger charge is 2.38. The molecule has 2 aliphatic rings. The molecule has 0 amide bonds. The molecule has 5 N–H and O–H groups in total. The van der Waals surface area contributed by atoms with Crippen molar-refractivity contribution in [3.63, 3.8) is 0 Å². The zero-order chi connectivity index (χ0) is 22.7. The summed E-state index contributed by atoms with van der Waals surface area (Å²) in [5.74, 6) is 0.248. The van der Waals surface area contributed by atoms with Gasteiger partial charge in [-0.3, -0.25) is 0 Å². The Labute approximate surface area is 183 Å². The van der Waals surface area contributed by atoms with Crippen molar-refractivity contribution in [3.8, 4) is 11.1 Å². The van der Waals surface area contributed by atoms with Gasteiger partial charge in [-0.25, -0.2) is 32.0 Å². The van der Waals surface area contributed by atoms with E-state index in [0.29, 0.717) is 35.0 Å². The third-order valence-electron chi connectivity index (χ3n) is 5.69. The van der Waals surface area contributed by atoms with Gasteiger partial charge in [-0.1, -0.05) is 18.6 Å². The largest absolute Gasteiger partial charge is 0.369 e. The van der Waals surface area contributed by atoms with Crippen molar-refractivity contribution in [1.29, 1.82) is 0 Å². The number of nitrogens with zero attached hydrogens (tertiary/aromatic N) is 4. The number of benzene rings is 2. The third-order valence-corrected chi connectivity index (χ3v) is 9.11. The van der Waals surface area contributed by atoms with Crippen LogP contribution in [0.5, 0.6) is 0 Å². The number of fused-ring (bicyclic) bond motifs is 1. The van der Waals surface area contributed by atoms with E-state index in [1.807, 2.05) is 0 Å². The van der Waals surface area contributed by atoms with E-state index in [1.165, 1.54) is 6.07 Å². The lowest BCUT2D eigenvalue weighted by Crippen LogP contribution is -2.31. The zero-order valence-corrected chi connectivity index (χ0v) is 18.3. The van der Waals surface area contributed by atoms with Crippen LogP contribution in [-0.2, 0) is 19.9 Å². The van der Waals surface area contributed by atoms with Gasteiger partial charge in [-0.2, -0.15) is 5.11 Å². The van der Waals surface area contributed by atoms with Gasteiger partial charge in [0, 0.05) is 5.56 Å². The number of hydrogen-bond acceptors (Lipinski definition) is 9. The number of anilines is 1. The minimum absolute atomic E-state index is 0.00848. The number of aliphatic imine (C=N–C) groups is 1. The predicted molar refractivity (Wildman–Crippen MR) is 118 cm³/mol. The van der Waals surface area contributed by atoms with E-state index in [9.17, 15) is 16.8 Å². The molecular formula is C19H19N7O4S2. The number of hydrogen-bond donors (Lipinski definition) is 3. The number of azo groups is 1. The van der Waals surface area contributed by atoms with Gasteiger partial charge in [0.2, 0.25) is 10.0 Å². The summed E-state index contributed by atoms with van der Waals surface area (Å²) in [6.07, 6.45) is 1.72. The summed E-state index contributed by atoms with van der Waals surface area (Å²) < 4.78 is 52.0. The van der Waals surface area contributed by atoms with Crippen LogP contribution in [0, 0.1) is 0 Å². The molecule has 11 nitrogen and oxygen atoms in total. The number of amidine groups is 1. The maximum absolute atomic E-state index is 13.2. The van der Waals surface area contributed by atoms with Gasteiger partial charge in [0.25, 0.3) is 0 Å². The molecule has 1 saturated carbocycles. The van der Waals surface area contributed by atoms with Crippen LogP contribution >= 0.6 is 0 Å². The van der Waals surface area contributed by atoms with Crippen LogP contribution in [0.3, 0.4) is 0 Å². The molecular weight excluding hydrogens is 454 g/mol. The number of imidazole rings is 1. The van der Waals surface area contributed by atoms with Crippen molar-refractivity contribution in [3.05, 3.63) is 35.9 Å². The molecule has 1 fully saturated rings. The molecule has 3 aromatic rings. The second-order valence-corrected chi connectivity index (χ2v) is 11.4. The van der Waals surface area contributed by atoms with Crippen molar-refractivity contribution in [2.75, 3.05) is 12.4 Å². The summed E-state index contributed by atoms with van der Waals surface area (Å²) in [4.78, 5) is 10.4. The number of nitrogen functional groups attached to an aromatic ring is 1. The van der Waals surface area contributed by atoms with Gasteiger partial charge in [-0.05, 0) is 42.2 Å². The van der Waals surface area contributed by atoms with E-state index < -0.39 is 30.0 Å². The number of primary sulfonamides is 1. The number of sulfone groups is 1. The minimum atomic E-state index is -4.47. The normalized spacial score (nSPS) is 17.0. The fourth-order valence-corrected chi connectivity index (χ4v) is 7.41. The fraction of sp³-hybridized carbons (Fsp3) is 0.263. The Morgan fingerprint density at radius 2 is 1.84 bits per heavy atom. The van der Waals surface area contributed by atoms with Gasteiger partial charge < -0.3 is 10.7 Å². The first-order valence-corrected chi connectivity index (χ1v) is 12.9. The third kappa shape index (κ3) is 3.29. The van der Waals surface area contributed by atoms with E-state index in [-0.39, 0.29) is 28.9 Å². The maximum atomic E-state index is 13.2. The first kappa shape index (κ1) is 20.7. The Morgan fingerprint density at radius 3 is 2.47 bits per heavy atom. The Balaban J connectivity index is 1.84. The molecule has 2 aromatic carbocycles. The fourth-order valence-electron chi connectivity index (χ4n) is 3.95. The highest BCUT2D eigenvalue weighted by molar-refractivity contribution is 7.94. The second-order valence-electron chi connectivity index (χ2n) is 7.68. The van der Waals surface area contributed by atoms with Gasteiger partial charge in [0.15, 0.2) is 28.3 Å². The molecule has 0 atom stereocenters. The van der Waals surface area contributed by atoms with Crippen molar-refractivity contribution in [2.45, 2.75) is 34.3 Å². The summed E-state index contributed by atoms with van der Waals surface area (Å²) in [5.41, 5.74) is 7.98. The van der Waals surface area contributed by atoms with E-state index in [1.54, 1.807) is 24.3 Å². The molecule has 5 rings (SSSR count). The summed E-state index contributed by atoms with van der Waals surface area (Å²) in [7, 11) is -8.39. The number of aromatic nitrogens is 2. The molecule has 0 bridgehead atoms. The van der Waals surface area contributed by atoms with Crippen LogP contribution in [0.4, 0.5) is 5.95 Å². The summed E-state index contributed by atoms with van der Waals surface area (Å²) in [6.45, 7) is 0.00848. The maximum Gasteiger partial charge on any atom is 0.240 e. The number of rotatable bonds is 5. The Kier molecular flexibility index (Phi) is 4.65. The Hall–Kier alpha value is -3.16. The van der Waals surface area contributed by atoms with Crippen molar-refractivity contribution in [2.24, 2.45) is 20.4 Å². The quantitative estimate of drug-likeness (QED) is 0.508. The van der Waals surface area contributed by atoms with Crippen LogP contribution in [-0.4, -0.2) is 44.6 Å². The van der Waals surface area contributed by atoms with Crippen LogP contribution in [0.25, 0.3) is 22.2 Å². The number of nitrogens with two attached hydrogens (primary N) is 2. The number of aromatic amines is 1. The highest BCUT2D eigenvalue weighted by Crippen LogP contribution is 2.39. The molecule has 166 valence electrons. The zero-order valence-electron chi connectivity index (χ0n) is 16.7. The molecule has 0 unspecified atom stereocenters. The average Bonchev–Trinajstić information content (AvgIpc) is 3.32. The van der Waals surface area contributed by atoms with Crippen LogP contribution in [0.2, 0.25) is 0 Å². The van der Waals surface area contributed by atoms with Gasteiger partial charge in [0.05, 0.1) is 21.2 Å². The lowest BCUT2D eigenvalue weighted by atomic mass is 9.98. The van der Waals surface area contributed by atoms with E-state index in [2.05, 4.69) is 25.2 Å². The van der Waals surface area contributed by atoms with Crippen molar-refractivity contribution in [1.82, 2.24) is 9.97 Å². The molecule has 1 aliphatic heterocycles. The summed E-state index contributed by atoms with van der Waals surface area (Å²) >= 11 is 0. The monoisotopic (exact) mass is 473 g/mol. The van der Waals surface area contributed by atoms with Crippen molar-refractivity contribution < 1.29 is 16.8 Å². The SMILES string of the molecule is Nc1nc2ccc(-c3ccc(S(=O)(=O)C4CCC4)c(S(N)(=O)=O)c3C3=NCN=N3)cc2[nH]1. The predicted octanol–water partition coefficient (Wildman–Crippen LogP) is 1.96. The number of sulfonamides is 1. The molecule has 0 saturated heterocycles. The minimum Gasteiger partial charge on any atom is -0.369 e. The van der Waals surface area contributed by atoms with E-state index in [0.717, 1.165) is 6.42 Å². The summed E-state index contributed by atoms with van der Waals surface area (Å²) in [6, 6.07) is 8.02. The topological polar surface area (TPSA) is 186 Å². The molecule has 32 heavy (non-hydrogen) atoms. The lowest BCUT2D eigenvalue weighted by molar-refractivity contribution is 0.475. The van der Waals surface area contributed by atoms with Crippen LogP contribution in [0.1, 0.15) is 24.8 Å². The molecule has 1 aromatic heterocycles. The Bertz CT molecular complexity index is 1540. The number of H-pyrrole nitrogens is 1. The van der Waals surface area contributed by atoms with Gasteiger partial charge in [0.1, 0.15) is 4.90 Å². The van der Waals surface area contributed by atoms with Crippen LogP contribution in [0.15, 0.2) is 55.3 Å². The first-order valence-electron chi connectivity index (χ1n) is 9.78. The molecule has 2 heterocycles. The summed E-state index contributed by atoms with van der Waals surface area (Å²) in [5, 5.41) is 12.7. The van der Waals surface area contributed by atoms with Crippen LogP contribution < -0.4 is 10.9 Å². The van der Waals surface area contributed by atoms with Crippen molar-refractivity contribution >= 4 is 42.7 Å². The van der Waals surface area contributed by atoms with Gasteiger partial charge >= 0.3 is 0 Å². The van der Waals surface area contributed by atoms with E-state index >= 15 is 0 Å². The first-order chi connectivity index (χ1) is 15.2. The standard InChI is InChI=1S/C19H19N7O4S2/c20-19-24-13-6-4-10(8-14(13)25-19)12-5-7-15(31(27,28)11-2-1-3-11)17(32(21,29)30)16(12)18-22-9-23-26-18/h4-8,11H,1-3,9H2,(H3,20,24,25)(H2,21,29,30). The Morgan fingerprint density at radius 1 is 1.06 bits per heavy atom. The molecule has 13 heteroatoms. The molecule has 1 aliphatic carbocycles. The van der Waals surface area contributed by atoms with Gasteiger partial charge in [-0.15, -0.1) is 5.11 Å². The number of nitrogens with one attached hydrogen (secondary N) is 1. The van der Waals surface area contributed by atoms with E-state index in [4.69, 9.17) is 10.9 Å². The molecule has 0 spiro atoms. The second kappa shape index (κ2) is 7.18. The smallest absolute Gasteiger partial charge is 0.240 e. The lowest BCUT2D eigenvalue weighted by Gasteiger charge is -2.27. The molecule has 0 radical (unpaired) electrons. The average molecular weight is 474 g/mol. The highest BCUT2D eigenvalue weighted by atomic mass is 32.2.